The van der Waals surface area contributed by atoms with Gasteiger partial charge in [-0.05, 0) is 103 Å². The molecule has 1 aliphatic rings. The first-order valence-corrected chi connectivity index (χ1v) is 13.3. The molecule has 0 unspecified atom stereocenters. The van der Waals surface area contributed by atoms with Crippen LogP contribution in [0.1, 0.15) is 33.7 Å². The minimum atomic E-state index is -0.394. The maximum atomic E-state index is 13.8. The summed E-state index contributed by atoms with van der Waals surface area (Å²) in [5.41, 5.74) is 4.07. The lowest BCUT2D eigenvalue weighted by atomic mass is 10.1. The summed E-state index contributed by atoms with van der Waals surface area (Å²) in [7, 11) is 1.58. The lowest BCUT2D eigenvalue weighted by molar-refractivity contribution is 0.0948. The third-order valence-electron chi connectivity index (χ3n) is 6.98. The maximum absolute atomic E-state index is 13.8. The van der Waals surface area contributed by atoms with Gasteiger partial charge in [-0.3, -0.25) is 9.59 Å². The fourth-order valence-corrected chi connectivity index (χ4v) is 4.81. The summed E-state index contributed by atoms with van der Waals surface area (Å²) in [4.78, 5) is 26.3. The zero-order chi connectivity index (χ0) is 28.2. The summed E-state index contributed by atoms with van der Waals surface area (Å²) in [6.07, 6.45) is 6.29. The van der Waals surface area contributed by atoms with Crippen LogP contribution in [0.25, 0.3) is 5.69 Å². The molecule has 0 saturated heterocycles. The van der Waals surface area contributed by atoms with Crippen molar-refractivity contribution in [2.75, 3.05) is 12.4 Å². The molecule has 2 N–H and O–H groups in total. The topological polar surface area (TPSA) is 108 Å². The third kappa shape index (κ3) is 5.69. The Morgan fingerprint density at radius 3 is 2.51 bits per heavy atom. The molecule has 9 heteroatoms. The van der Waals surface area contributed by atoms with Gasteiger partial charge in [-0.15, -0.1) is 0 Å². The number of methoxy groups -OCH3 is 1. The molecule has 0 spiro atoms. The van der Waals surface area contributed by atoms with Gasteiger partial charge in [0.2, 0.25) is 0 Å². The van der Waals surface area contributed by atoms with Gasteiger partial charge in [0.1, 0.15) is 17.3 Å². The van der Waals surface area contributed by atoms with E-state index in [1.165, 1.54) is 22.0 Å². The highest BCUT2D eigenvalue weighted by Crippen LogP contribution is 2.32. The van der Waals surface area contributed by atoms with Crippen LogP contribution in [-0.4, -0.2) is 22.8 Å². The Bertz CT molecular complexity index is 1730. The molecule has 1 amide bonds. The number of carbonyl (C=O) groups excluding carboxylic acids is 1. The highest BCUT2D eigenvalue weighted by Gasteiger charge is 2.18. The summed E-state index contributed by atoms with van der Waals surface area (Å²) in [6, 6.07) is 23.5. The second-order valence-corrected chi connectivity index (χ2v) is 9.65. The summed E-state index contributed by atoms with van der Waals surface area (Å²) in [5.74, 6) is 2.03. The number of hydrogen-bond acceptors (Lipinski definition) is 7. The van der Waals surface area contributed by atoms with E-state index in [1.54, 1.807) is 74.0 Å². The van der Waals surface area contributed by atoms with Gasteiger partial charge in [-0.1, -0.05) is 6.07 Å². The molecule has 5 aromatic rings. The first-order chi connectivity index (χ1) is 20.1. The van der Waals surface area contributed by atoms with Crippen LogP contribution < -0.4 is 25.7 Å². The number of anilines is 2. The van der Waals surface area contributed by atoms with Crippen molar-refractivity contribution in [3.05, 3.63) is 124 Å². The minimum absolute atomic E-state index is 0.214. The average Bonchev–Trinajstić information content (AvgIpc) is 3.70. The number of hydrogen-bond donors (Lipinski definition) is 2. The summed E-state index contributed by atoms with van der Waals surface area (Å²) < 4.78 is 18.0. The molecule has 0 aliphatic heterocycles. The van der Waals surface area contributed by atoms with E-state index in [0.717, 1.165) is 19.3 Å². The van der Waals surface area contributed by atoms with Crippen molar-refractivity contribution in [2.24, 2.45) is 0 Å². The number of nitrogens with one attached hydrogen (secondary N) is 2. The van der Waals surface area contributed by atoms with E-state index in [1.807, 2.05) is 12.1 Å². The quantitative estimate of drug-likeness (QED) is 0.240. The molecule has 6 rings (SSSR count). The summed E-state index contributed by atoms with van der Waals surface area (Å²) in [5, 5.41) is 10.4. The lowest BCUT2D eigenvalue weighted by Crippen LogP contribution is -2.24. The van der Waals surface area contributed by atoms with E-state index in [2.05, 4.69) is 21.8 Å². The van der Waals surface area contributed by atoms with Gasteiger partial charge in [0, 0.05) is 11.3 Å². The van der Waals surface area contributed by atoms with Gasteiger partial charge in [0.05, 0.1) is 31.8 Å². The van der Waals surface area contributed by atoms with Gasteiger partial charge >= 0.3 is 0 Å². The van der Waals surface area contributed by atoms with E-state index >= 15 is 0 Å². The van der Waals surface area contributed by atoms with E-state index in [4.69, 9.17) is 13.9 Å². The highest BCUT2D eigenvalue weighted by atomic mass is 16.5. The van der Waals surface area contributed by atoms with Gasteiger partial charge in [0.15, 0.2) is 11.4 Å². The third-order valence-corrected chi connectivity index (χ3v) is 6.98. The largest absolute Gasteiger partial charge is 0.497 e. The van der Waals surface area contributed by atoms with Gasteiger partial charge < -0.3 is 24.5 Å². The molecule has 9 nitrogen and oxygen atoms in total. The number of benzene rings is 3. The van der Waals surface area contributed by atoms with Gasteiger partial charge in [-0.2, -0.15) is 9.78 Å². The molecule has 2 heterocycles. The van der Waals surface area contributed by atoms with Crippen molar-refractivity contribution in [2.45, 2.75) is 25.8 Å². The first kappa shape index (κ1) is 25.9. The molecule has 206 valence electrons. The van der Waals surface area contributed by atoms with Crippen LogP contribution in [0, 0.1) is 0 Å². The van der Waals surface area contributed by atoms with Crippen molar-refractivity contribution in [1.82, 2.24) is 15.1 Å². The zero-order valence-corrected chi connectivity index (χ0v) is 22.4. The Balaban J connectivity index is 1.29. The van der Waals surface area contributed by atoms with Crippen molar-refractivity contribution in [3.63, 3.8) is 0 Å². The number of amides is 1. The molecule has 0 bridgehead atoms. The number of carbonyl (C=O) groups is 1. The van der Waals surface area contributed by atoms with E-state index in [9.17, 15) is 9.59 Å². The van der Waals surface area contributed by atoms with Gasteiger partial charge in [-0.25, -0.2) is 0 Å². The predicted molar refractivity (Wildman–Crippen MR) is 155 cm³/mol. The number of fused-ring (bicyclic) bond motifs is 1. The molecule has 0 radical (unpaired) electrons. The maximum Gasteiger partial charge on any atom is 0.299 e. The second kappa shape index (κ2) is 11.4. The van der Waals surface area contributed by atoms with Crippen LogP contribution >= 0.6 is 0 Å². The smallest absolute Gasteiger partial charge is 0.299 e. The number of rotatable bonds is 9. The normalized spacial score (nSPS) is 12.0. The molecule has 1 aliphatic carbocycles. The molecule has 0 fully saturated rings. The zero-order valence-electron chi connectivity index (χ0n) is 22.4. The molecular weight excluding hydrogens is 520 g/mol. The Morgan fingerprint density at radius 2 is 1.76 bits per heavy atom. The predicted octanol–water partition coefficient (Wildman–Crippen LogP) is 5.79. The number of furan rings is 1. The number of ether oxygens (including phenoxy) is 2. The molecule has 0 saturated carbocycles. The molecule has 0 atom stereocenters. The Kier molecular flexibility index (Phi) is 7.23. The van der Waals surface area contributed by atoms with Crippen molar-refractivity contribution >= 4 is 17.3 Å². The Morgan fingerprint density at radius 1 is 0.976 bits per heavy atom. The monoisotopic (exact) mass is 548 g/mol. The van der Waals surface area contributed by atoms with Crippen molar-refractivity contribution in [1.29, 1.82) is 0 Å². The highest BCUT2D eigenvalue weighted by molar-refractivity contribution is 5.94. The van der Waals surface area contributed by atoms with Crippen molar-refractivity contribution < 1.29 is 18.7 Å². The van der Waals surface area contributed by atoms with Crippen LogP contribution in [0.3, 0.4) is 0 Å². The number of aromatic nitrogens is 2. The molecule has 3 aromatic carbocycles. The van der Waals surface area contributed by atoms with E-state index < -0.39 is 5.56 Å². The Labute approximate surface area is 236 Å². The summed E-state index contributed by atoms with van der Waals surface area (Å²) >= 11 is 0. The van der Waals surface area contributed by atoms with Crippen LogP contribution in [0.5, 0.6) is 17.2 Å². The van der Waals surface area contributed by atoms with Crippen LogP contribution in [0.15, 0.2) is 101 Å². The fourth-order valence-electron chi connectivity index (χ4n) is 4.81. The number of aryl methyl sites for hydroxylation is 2. The van der Waals surface area contributed by atoms with Crippen LogP contribution in [0.2, 0.25) is 0 Å². The molecule has 41 heavy (non-hydrogen) atoms. The molecule has 2 aromatic heterocycles. The first-order valence-electron chi connectivity index (χ1n) is 13.3. The number of nitrogens with zero attached hydrogens (tertiary/aromatic N) is 2. The van der Waals surface area contributed by atoms with Gasteiger partial charge in [0.25, 0.3) is 11.5 Å². The second-order valence-electron chi connectivity index (χ2n) is 9.65. The minimum Gasteiger partial charge on any atom is -0.497 e. The lowest BCUT2D eigenvalue weighted by Gasteiger charge is -2.15. The van der Waals surface area contributed by atoms with E-state index in [-0.39, 0.29) is 23.9 Å². The SMILES string of the molecule is COc1ccc(-n2ncc(Oc3ccc4c(c3)CCC4)c(Nc3ccc(C(=O)NCc4ccco4)cc3)c2=O)cc1. The van der Waals surface area contributed by atoms with E-state index in [0.29, 0.717) is 34.2 Å². The van der Waals surface area contributed by atoms with Crippen molar-refractivity contribution in [3.8, 4) is 22.9 Å². The average molecular weight is 549 g/mol. The fraction of sp³-hybridized carbons (Fsp3) is 0.156. The standard InChI is InChI=1S/C32H28N4O5/c1-39-26-15-12-25(13-16-26)36-32(38)30(29(20-34-36)41-27-14-9-21-4-2-5-23(21)18-27)35-24-10-7-22(8-11-24)31(37)33-19-28-6-3-17-40-28/h3,6-18,20,35H,2,4-5,19H2,1H3,(H,33,37). The Hall–Kier alpha value is -5.31. The summed E-state index contributed by atoms with van der Waals surface area (Å²) in [6.45, 7) is 0.289. The van der Waals surface area contributed by atoms with Crippen LogP contribution in [-0.2, 0) is 19.4 Å². The molecular formula is C32H28N4O5. The van der Waals surface area contributed by atoms with Crippen LogP contribution in [0.4, 0.5) is 11.4 Å².